The summed E-state index contributed by atoms with van der Waals surface area (Å²) < 4.78 is 31.5. The maximum absolute atomic E-state index is 13.2. The summed E-state index contributed by atoms with van der Waals surface area (Å²) >= 11 is 0. The van der Waals surface area contributed by atoms with Gasteiger partial charge in [-0.1, -0.05) is 6.07 Å². The molecule has 5 nitrogen and oxygen atoms in total. The number of hydrogen-bond acceptors (Lipinski definition) is 4. The Morgan fingerprint density at radius 3 is 3.00 bits per heavy atom. The molecule has 0 bridgehead atoms. The summed E-state index contributed by atoms with van der Waals surface area (Å²) in [6, 6.07) is 6.92. The molecule has 2 aliphatic heterocycles. The molecule has 2 atom stereocenters. The number of hydrogen-bond donors (Lipinski definition) is 2. The van der Waals surface area contributed by atoms with E-state index in [1.165, 1.54) is 0 Å². The quantitative estimate of drug-likeness (QED) is 0.878. The molecule has 0 saturated carbocycles. The van der Waals surface area contributed by atoms with Crippen molar-refractivity contribution in [2.24, 2.45) is 0 Å². The van der Waals surface area contributed by atoms with Crippen LogP contribution in [0.3, 0.4) is 0 Å². The molecule has 1 aromatic rings. The lowest BCUT2D eigenvalue weighted by molar-refractivity contribution is -0.124. The molecule has 2 fully saturated rings. The van der Waals surface area contributed by atoms with Crippen molar-refractivity contribution in [2.45, 2.75) is 30.8 Å². The first kappa shape index (κ1) is 16.0. The summed E-state index contributed by atoms with van der Waals surface area (Å²) in [5.41, 5.74) is 1.03. The predicted molar refractivity (Wildman–Crippen MR) is 83.1 cm³/mol. The van der Waals surface area contributed by atoms with Gasteiger partial charge in [0.05, 0.1) is 19.7 Å². The van der Waals surface area contributed by atoms with Crippen LogP contribution in [0.1, 0.15) is 12.8 Å². The molecule has 0 aromatic heterocycles. The van der Waals surface area contributed by atoms with Crippen LogP contribution < -0.4 is 20.3 Å². The Bertz CT molecular complexity index is 582. The highest BCUT2D eigenvalue weighted by Gasteiger charge is 2.42. The van der Waals surface area contributed by atoms with Gasteiger partial charge < -0.3 is 15.0 Å². The Morgan fingerprint density at radius 1 is 1.48 bits per heavy atom. The second-order valence-corrected chi connectivity index (χ2v) is 6.14. The summed E-state index contributed by atoms with van der Waals surface area (Å²) in [6.07, 6.45) is 0.372. The summed E-state index contributed by atoms with van der Waals surface area (Å²) in [6.45, 7) is 1.06. The number of nitrogens with one attached hydrogen (secondary N) is 2. The molecule has 0 radical (unpaired) electrons. The molecule has 3 rings (SSSR count). The van der Waals surface area contributed by atoms with Gasteiger partial charge in [0.15, 0.2) is 0 Å². The minimum atomic E-state index is -2.79. The molecule has 7 heteroatoms. The van der Waals surface area contributed by atoms with Gasteiger partial charge in [0, 0.05) is 37.3 Å². The number of amides is 1. The third-order valence-corrected chi connectivity index (χ3v) is 4.38. The van der Waals surface area contributed by atoms with Crippen LogP contribution in [-0.4, -0.2) is 50.7 Å². The van der Waals surface area contributed by atoms with Crippen molar-refractivity contribution in [3.8, 4) is 5.75 Å². The highest BCUT2D eigenvalue weighted by molar-refractivity contribution is 5.82. The molecule has 23 heavy (non-hydrogen) atoms. The number of methoxy groups -OCH3 is 1. The summed E-state index contributed by atoms with van der Waals surface area (Å²) in [5.74, 6) is -2.34. The van der Waals surface area contributed by atoms with Crippen LogP contribution in [0.5, 0.6) is 5.75 Å². The van der Waals surface area contributed by atoms with Gasteiger partial charge >= 0.3 is 0 Å². The summed E-state index contributed by atoms with van der Waals surface area (Å²) in [7, 11) is 1.62. The van der Waals surface area contributed by atoms with E-state index < -0.39 is 24.9 Å². The van der Waals surface area contributed by atoms with Crippen molar-refractivity contribution in [2.75, 3.05) is 31.6 Å². The Morgan fingerprint density at radius 2 is 2.30 bits per heavy atom. The van der Waals surface area contributed by atoms with Crippen LogP contribution in [0.2, 0.25) is 0 Å². The SMILES string of the molecule is COc1cccc(N2CCC(NC(=O)C3CC(F)(F)CN3)C2)c1. The second-order valence-electron chi connectivity index (χ2n) is 6.14. The molecule has 0 spiro atoms. The smallest absolute Gasteiger partial charge is 0.262 e. The molecular formula is C16H21F2N3O2. The number of halogens is 2. The number of rotatable bonds is 4. The van der Waals surface area contributed by atoms with Gasteiger partial charge in [-0.15, -0.1) is 0 Å². The lowest BCUT2D eigenvalue weighted by atomic mass is 10.1. The summed E-state index contributed by atoms with van der Waals surface area (Å²) in [5, 5.41) is 5.47. The molecule has 1 amide bonds. The highest BCUT2D eigenvalue weighted by atomic mass is 19.3. The summed E-state index contributed by atoms with van der Waals surface area (Å²) in [4.78, 5) is 14.2. The zero-order valence-corrected chi connectivity index (χ0v) is 13.0. The van der Waals surface area contributed by atoms with Gasteiger partial charge in [0.25, 0.3) is 5.92 Å². The van der Waals surface area contributed by atoms with E-state index in [2.05, 4.69) is 15.5 Å². The zero-order chi connectivity index (χ0) is 16.4. The fraction of sp³-hybridized carbons (Fsp3) is 0.562. The molecule has 2 N–H and O–H groups in total. The fourth-order valence-electron chi connectivity index (χ4n) is 3.12. The van der Waals surface area contributed by atoms with E-state index in [-0.39, 0.29) is 11.9 Å². The number of carbonyl (C=O) groups is 1. The van der Waals surface area contributed by atoms with Gasteiger partial charge in [-0.25, -0.2) is 8.78 Å². The van der Waals surface area contributed by atoms with E-state index in [1.54, 1.807) is 7.11 Å². The maximum atomic E-state index is 13.2. The third kappa shape index (κ3) is 3.72. The highest BCUT2D eigenvalue weighted by Crippen LogP contribution is 2.26. The van der Waals surface area contributed by atoms with Crippen LogP contribution in [0.25, 0.3) is 0 Å². The average molecular weight is 325 g/mol. The monoisotopic (exact) mass is 325 g/mol. The molecule has 0 aliphatic carbocycles. The number of carbonyl (C=O) groups excluding carboxylic acids is 1. The normalized spacial score (nSPS) is 26.3. The van der Waals surface area contributed by atoms with E-state index in [0.29, 0.717) is 6.54 Å². The van der Waals surface area contributed by atoms with Crippen molar-refractivity contribution in [1.82, 2.24) is 10.6 Å². The predicted octanol–water partition coefficient (Wildman–Crippen LogP) is 1.39. The number of nitrogens with zero attached hydrogens (tertiary/aromatic N) is 1. The van der Waals surface area contributed by atoms with Crippen molar-refractivity contribution in [1.29, 1.82) is 0 Å². The first-order valence-corrected chi connectivity index (χ1v) is 7.77. The zero-order valence-electron chi connectivity index (χ0n) is 13.0. The maximum Gasteiger partial charge on any atom is 0.262 e. The van der Waals surface area contributed by atoms with Crippen LogP contribution >= 0.6 is 0 Å². The van der Waals surface area contributed by atoms with E-state index in [1.807, 2.05) is 24.3 Å². The molecule has 2 heterocycles. The minimum Gasteiger partial charge on any atom is -0.497 e. The number of anilines is 1. The lowest BCUT2D eigenvalue weighted by Gasteiger charge is -2.20. The first-order chi connectivity index (χ1) is 11.0. The molecule has 126 valence electrons. The van der Waals surface area contributed by atoms with Crippen molar-refractivity contribution in [3.05, 3.63) is 24.3 Å². The Labute approximate surface area is 134 Å². The Balaban J connectivity index is 1.54. The standard InChI is InChI=1S/C16H21F2N3O2/c1-23-13-4-2-3-12(7-13)21-6-5-11(9-21)20-15(22)14-8-16(17,18)10-19-14/h2-4,7,11,14,19H,5-6,8-10H2,1H3,(H,20,22). The fourth-order valence-corrected chi connectivity index (χ4v) is 3.12. The first-order valence-electron chi connectivity index (χ1n) is 7.77. The van der Waals surface area contributed by atoms with Crippen LogP contribution in [0.15, 0.2) is 24.3 Å². The number of benzene rings is 1. The van der Waals surface area contributed by atoms with Crippen LogP contribution in [0, 0.1) is 0 Å². The van der Waals surface area contributed by atoms with E-state index >= 15 is 0 Å². The molecule has 2 saturated heterocycles. The number of alkyl halides is 2. The third-order valence-electron chi connectivity index (χ3n) is 4.38. The lowest BCUT2D eigenvalue weighted by Crippen LogP contribution is -2.46. The van der Waals surface area contributed by atoms with Crippen LogP contribution in [0.4, 0.5) is 14.5 Å². The van der Waals surface area contributed by atoms with Gasteiger partial charge in [0.2, 0.25) is 5.91 Å². The van der Waals surface area contributed by atoms with Crippen molar-refractivity contribution in [3.63, 3.8) is 0 Å². The molecule has 2 unspecified atom stereocenters. The van der Waals surface area contributed by atoms with Crippen molar-refractivity contribution >= 4 is 11.6 Å². The largest absolute Gasteiger partial charge is 0.497 e. The minimum absolute atomic E-state index is 0.0234. The molecule has 2 aliphatic rings. The van der Waals surface area contributed by atoms with Gasteiger partial charge in [0.1, 0.15) is 5.75 Å². The van der Waals surface area contributed by atoms with Gasteiger partial charge in [-0.2, -0.15) is 0 Å². The van der Waals surface area contributed by atoms with E-state index in [9.17, 15) is 13.6 Å². The average Bonchev–Trinajstić information content (AvgIpc) is 3.13. The Hall–Kier alpha value is -1.89. The van der Waals surface area contributed by atoms with Crippen molar-refractivity contribution < 1.29 is 18.3 Å². The van der Waals surface area contributed by atoms with E-state index in [4.69, 9.17) is 4.74 Å². The topological polar surface area (TPSA) is 53.6 Å². The van der Waals surface area contributed by atoms with Crippen LogP contribution in [-0.2, 0) is 4.79 Å². The van der Waals surface area contributed by atoms with Gasteiger partial charge in [-0.05, 0) is 18.6 Å². The Kier molecular flexibility index (Phi) is 4.39. The van der Waals surface area contributed by atoms with Gasteiger partial charge in [-0.3, -0.25) is 10.1 Å². The molecular weight excluding hydrogens is 304 g/mol. The number of ether oxygens (including phenoxy) is 1. The second kappa shape index (κ2) is 6.31. The van der Waals surface area contributed by atoms with E-state index in [0.717, 1.165) is 24.4 Å². The molecule has 1 aromatic carbocycles.